The first-order chi connectivity index (χ1) is 15.5. The van der Waals surface area contributed by atoms with Crippen LogP contribution in [0.15, 0.2) is 48.7 Å². The molecule has 0 N–H and O–H groups in total. The third-order valence-corrected chi connectivity index (χ3v) is 5.99. The molecule has 0 saturated heterocycles. The van der Waals surface area contributed by atoms with E-state index in [0.29, 0.717) is 42.0 Å². The smallest absolute Gasteiger partial charge is 0.254 e. The van der Waals surface area contributed by atoms with Crippen LogP contribution < -0.4 is 0 Å². The van der Waals surface area contributed by atoms with Gasteiger partial charge in [-0.25, -0.2) is 13.2 Å². The molecule has 0 spiro atoms. The number of nitrogens with zero attached hydrogens (tertiary/aromatic N) is 4. The number of carbonyl (C=O) groups is 1. The molecule has 4 aromatic rings. The average molecular weight is 438 g/mol. The van der Waals surface area contributed by atoms with Gasteiger partial charge in [0.15, 0.2) is 0 Å². The van der Waals surface area contributed by atoms with Crippen LogP contribution in [0, 0.1) is 11.6 Å². The lowest BCUT2D eigenvalue weighted by Gasteiger charge is -2.27. The number of hydrogen-bond donors (Lipinski definition) is 0. The molecule has 1 amide bonds. The van der Waals surface area contributed by atoms with E-state index in [1.54, 1.807) is 39.5 Å². The molecule has 0 unspecified atom stereocenters. The highest BCUT2D eigenvalue weighted by molar-refractivity contribution is 6.06. The highest BCUT2D eigenvalue weighted by Crippen LogP contribution is 2.32. The quantitative estimate of drug-likeness (QED) is 0.471. The van der Waals surface area contributed by atoms with Gasteiger partial charge in [-0.15, -0.1) is 0 Å². The van der Waals surface area contributed by atoms with Crippen molar-refractivity contribution in [2.75, 3.05) is 13.2 Å². The molecule has 0 fully saturated rings. The number of halogens is 3. The minimum absolute atomic E-state index is 0.122. The fourth-order valence-corrected chi connectivity index (χ4v) is 4.61. The highest BCUT2D eigenvalue weighted by Gasteiger charge is 2.28. The molecule has 2 aromatic heterocycles. The van der Waals surface area contributed by atoms with Gasteiger partial charge in [-0.05, 0) is 36.8 Å². The number of fused-ring (bicyclic) bond motifs is 2. The fraction of sp³-hybridized carbons (Fsp3) is 0.250. The summed E-state index contributed by atoms with van der Waals surface area (Å²) in [7, 11) is 1.73. The summed E-state index contributed by atoms with van der Waals surface area (Å²) in [5.41, 5.74) is 4.09. The van der Waals surface area contributed by atoms with Gasteiger partial charge in [-0.1, -0.05) is 6.07 Å². The van der Waals surface area contributed by atoms with Crippen molar-refractivity contribution in [1.82, 2.24) is 19.2 Å². The second kappa shape index (κ2) is 7.85. The third-order valence-electron chi connectivity index (χ3n) is 5.99. The van der Waals surface area contributed by atoms with E-state index in [9.17, 15) is 18.0 Å². The second-order valence-corrected chi connectivity index (χ2v) is 7.97. The Bertz CT molecular complexity index is 1320. The van der Waals surface area contributed by atoms with Gasteiger partial charge in [0.05, 0.1) is 24.5 Å². The first kappa shape index (κ1) is 20.4. The first-order valence-corrected chi connectivity index (χ1v) is 10.4. The number of aryl methyl sites for hydroxylation is 2. The van der Waals surface area contributed by atoms with Crippen LogP contribution in [-0.2, 0) is 26.6 Å². The molecule has 164 valence electrons. The Morgan fingerprint density at radius 2 is 1.91 bits per heavy atom. The molecule has 2 aromatic carbocycles. The molecule has 0 atom stereocenters. The number of carbonyl (C=O) groups excluding carboxylic acids is 1. The van der Waals surface area contributed by atoms with Crippen LogP contribution in [0.5, 0.6) is 0 Å². The van der Waals surface area contributed by atoms with Crippen molar-refractivity contribution < 1.29 is 18.0 Å². The third kappa shape index (κ3) is 3.36. The Hall–Kier alpha value is -3.55. The maximum atomic E-state index is 13.8. The molecule has 5 rings (SSSR count). The lowest BCUT2D eigenvalue weighted by Crippen LogP contribution is -2.36. The first-order valence-electron chi connectivity index (χ1n) is 10.4. The van der Waals surface area contributed by atoms with Crippen molar-refractivity contribution in [2.24, 2.45) is 7.05 Å². The van der Waals surface area contributed by atoms with Gasteiger partial charge in [-0.3, -0.25) is 9.48 Å². The molecule has 0 aliphatic carbocycles. The number of benzene rings is 2. The summed E-state index contributed by atoms with van der Waals surface area (Å²) in [6.07, 6.45) is 2.32. The number of amides is 1. The largest absolute Gasteiger partial charge is 0.345 e. The molecule has 1 aliphatic heterocycles. The van der Waals surface area contributed by atoms with Crippen molar-refractivity contribution in [2.45, 2.75) is 19.5 Å². The van der Waals surface area contributed by atoms with Gasteiger partial charge in [0.1, 0.15) is 18.3 Å². The van der Waals surface area contributed by atoms with Gasteiger partial charge in [0, 0.05) is 53.4 Å². The van der Waals surface area contributed by atoms with Crippen molar-refractivity contribution in [3.05, 3.63) is 77.1 Å². The van der Waals surface area contributed by atoms with Crippen LogP contribution in [0.4, 0.5) is 13.2 Å². The minimum Gasteiger partial charge on any atom is -0.345 e. The lowest BCUT2D eigenvalue weighted by molar-refractivity contribution is 0.0734. The maximum Gasteiger partial charge on any atom is 0.254 e. The Balaban J connectivity index is 1.47. The van der Waals surface area contributed by atoms with Crippen LogP contribution in [-0.4, -0.2) is 38.4 Å². The van der Waals surface area contributed by atoms with E-state index in [2.05, 4.69) is 5.10 Å². The normalized spacial score (nSPS) is 13.6. The number of rotatable bonds is 4. The predicted molar refractivity (Wildman–Crippen MR) is 115 cm³/mol. The van der Waals surface area contributed by atoms with E-state index >= 15 is 0 Å². The zero-order valence-corrected chi connectivity index (χ0v) is 17.5. The van der Waals surface area contributed by atoms with Gasteiger partial charge < -0.3 is 9.47 Å². The zero-order valence-electron chi connectivity index (χ0n) is 17.5. The maximum absolute atomic E-state index is 13.8. The number of hydrogen-bond acceptors (Lipinski definition) is 2. The Labute approximate surface area is 182 Å². The predicted octanol–water partition coefficient (Wildman–Crippen LogP) is 4.49. The van der Waals surface area contributed by atoms with E-state index in [-0.39, 0.29) is 12.5 Å². The standard InChI is InChI=1S/C24H21F3N4O/c1-29-23(15-11-16(26)13-17(27)12-15)20-6-9-31(14-21(20)28-29)24(32)19-3-2-4-22-18(19)5-8-30(22)10-7-25/h2-5,8,11-13H,6-7,9-10,14H2,1H3. The van der Waals surface area contributed by atoms with Crippen molar-refractivity contribution >= 4 is 16.8 Å². The van der Waals surface area contributed by atoms with Gasteiger partial charge in [0.25, 0.3) is 5.91 Å². The van der Waals surface area contributed by atoms with E-state index < -0.39 is 18.3 Å². The molecule has 1 aliphatic rings. The van der Waals surface area contributed by atoms with Crippen LogP contribution in [0.3, 0.4) is 0 Å². The zero-order chi connectivity index (χ0) is 22.4. The SMILES string of the molecule is Cn1nc2c(c1-c1cc(F)cc(F)c1)CCN(C(=O)c1cccc3c1ccn3CCF)C2. The van der Waals surface area contributed by atoms with E-state index in [0.717, 1.165) is 22.5 Å². The second-order valence-electron chi connectivity index (χ2n) is 7.97. The topological polar surface area (TPSA) is 43.1 Å². The van der Waals surface area contributed by atoms with Crippen molar-refractivity contribution in [3.8, 4) is 11.3 Å². The van der Waals surface area contributed by atoms with Crippen LogP contribution >= 0.6 is 0 Å². The van der Waals surface area contributed by atoms with E-state index in [4.69, 9.17) is 0 Å². The van der Waals surface area contributed by atoms with Crippen molar-refractivity contribution in [1.29, 1.82) is 0 Å². The summed E-state index contributed by atoms with van der Waals surface area (Å²) >= 11 is 0. The van der Waals surface area contributed by atoms with E-state index in [1.807, 2.05) is 12.1 Å². The Morgan fingerprint density at radius 1 is 1.12 bits per heavy atom. The molecular formula is C24H21F3N4O. The molecule has 0 radical (unpaired) electrons. The van der Waals surface area contributed by atoms with Crippen LogP contribution in [0.1, 0.15) is 21.6 Å². The van der Waals surface area contributed by atoms with Crippen LogP contribution in [0.25, 0.3) is 22.2 Å². The summed E-state index contributed by atoms with van der Waals surface area (Å²) in [5, 5.41) is 5.32. The summed E-state index contributed by atoms with van der Waals surface area (Å²) in [5.74, 6) is -1.41. The highest BCUT2D eigenvalue weighted by atomic mass is 19.1. The van der Waals surface area contributed by atoms with Gasteiger partial charge in [-0.2, -0.15) is 5.10 Å². The molecule has 8 heteroatoms. The molecular weight excluding hydrogens is 417 g/mol. The molecule has 32 heavy (non-hydrogen) atoms. The lowest BCUT2D eigenvalue weighted by atomic mass is 9.98. The monoisotopic (exact) mass is 438 g/mol. The summed E-state index contributed by atoms with van der Waals surface area (Å²) in [6.45, 7) is 0.533. The Kier molecular flexibility index (Phi) is 5.00. The van der Waals surface area contributed by atoms with Gasteiger partial charge in [0.2, 0.25) is 0 Å². The summed E-state index contributed by atoms with van der Waals surface area (Å²) in [4.78, 5) is 15.1. The molecule has 5 nitrogen and oxygen atoms in total. The minimum atomic E-state index is -0.643. The van der Waals surface area contributed by atoms with E-state index in [1.165, 1.54) is 12.1 Å². The Morgan fingerprint density at radius 3 is 2.66 bits per heavy atom. The van der Waals surface area contributed by atoms with Gasteiger partial charge >= 0.3 is 0 Å². The molecule has 3 heterocycles. The number of aromatic nitrogens is 3. The number of alkyl halides is 1. The summed E-state index contributed by atoms with van der Waals surface area (Å²) < 4.78 is 43.8. The molecule has 0 bridgehead atoms. The summed E-state index contributed by atoms with van der Waals surface area (Å²) in [6, 6.07) is 10.7. The average Bonchev–Trinajstić information content (AvgIpc) is 3.32. The van der Waals surface area contributed by atoms with Crippen molar-refractivity contribution in [3.63, 3.8) is 0 Å². The van der Waals surface area contributed by atoms with Crippen LogP contribution in [0.2, 0.25) is 0 Å². The molecule has 0 saturated carbocycles. The fourth-order valence-electron chi connectivity index (χ4n) is 4.61.